The quantitative estimate of drug-likeness (QED) is 0.406. The van der Waals surface area contributed by atoms with Crippen LogP contribution in [0, 0.1) is 11.6 Å². The van der Waals surface area contributed by atoms with Crippen LogP contribution in [-0.4, -0.2) is 6.61 Å². The molecular formula is C15H21BrF2O. The number of hydrogen-bond donors (Lipinski definition) is 0. The highest BCUT2D eigenvalue weighted by Crippen LogP contribution is 2.26. The molecule has 1 aromatic rings. The molecule has 0 saturated carbocycles. The maximum Gasteiger partial charge on any atom is 0.201 e. The molecule has 1 rings (SSSR count). The van der Waals surface area contributed by atoms with Gasteiger partial charge in [0, 0.05) is 0 Å². The number of benzene rings is 1. The standard InChI is InChI=1S/C15H21BrF2O/c1-2-3-4-5-6-7-8-11-19-13-10-9-12(16)14(17)15(13)18/h9-10H,2-8,11H2,1H3. The summed E-state index contributed by atoms with van der Waals surface area (Å²) in [5.74, 6) is -1.82. The van der Waals surface area contributed by atoms with E-state index in [4.69, 9.17) is 4.74 Å². The Morgan fingerprint density at radius 2 is 1.58 bits per heavy atom. The van der Waals surface area contributed by atoms with E-state index in [1.165, 1.54) is 44.2 Å². The average Bonchev–Trinajstić information content (AvgIpc) is 2.41. The molecule has 0 saturated heterocycles. The van der Waals surface area contributed by atoms with E-state index in [1.807, 2.05) is 0 Å². The van der Waals surface area contributed by atoms with Crippen LogP contribution in [0.2, 0.25) is 0 Å². The third-order valence-electron chi connectivity index (χ3n) is 3.01. The van der Waals surface area contributed by atoms with E-state index in [0.29, 0.717) is 6.61 Å². The molecule has 0 aliphatic rings. The number of rotatable bonds is 9. The SMILES string of the molecule is CCCCCCCCCOc1ccc(Br)c(F)c1F. The van der Waals surface area contributed by atoms with E-state index >= 15 is 0 Å². The zero-order chi connectivity index (χ0) is 14.1. The number of unbranched alkanes of at least 4 members (excludes halogenated alkanes) is 6. The molecule has 0 aliphatic carbocycles. The summed E-state index contributed by atoms with van der Waals surface area (Å²) in [7, 11) is 0. The van der Waals surface area contributed by atoms with E-state index < -0.39 is 11.6 Å². The molecule has 0 amide bonds. The Labute approximate surface area is 122 Å². The molecule has 1 aromatic carbocycles. The van der Waals surface area contributed by atoms with Crippen molar-refractivity contribution < 1.29 is 13.5 Å². The van der Waals surface area contributed by atoms with Crippen molar-refractivity contribution in [3.05, 3.63) is 28.2 Å². The minimum atomic E-state index is -0.919. The highest BCUT2D eigenvalue weighted by Gasteiger charge is 2.12. The Morgan fingerprint density at radius 1 is 0.947 bits per heavy atom. The molecule has 0 fully saturated rings. The van der Waals surface area contributed by atoms with E-state index in [2.05, 4.69) is 22.9 Å². The predicted molar refractivity (Wildman–Crippen MR) is 77.5 cm³/mol. The average molecular weight is 335 g/mol. The smallest absolute Gasteiger partial charge is 0.201 e. The summed E-state index contributed by atoms with van der Waals surface area (Å²) in [5.41, 5.74) is 0. The Balaban J connectivity index is 2.18. The van der Waals surface area contributed by atoms with Crippen molar-refractivity contribution in [2.75, 3.05) is 6.61 Å². The molecule has 0 spiro atoms. The largest absolute Gasteiger partial charge is 0.490 e. The molecule has 0 heterocycles. The van der Waals surface area contributed by atoms with Crippen molar-refractivity contribution in [3.8, 4) is 5.75 Å². The van der Waals surface area contributed by atoms with Crippen LogP contribution in [0.4, 0.5) is 8.78 Å². The minimum Gasteiger partial charge on any atom is -0.490 e. The van der Waals surface area contributed by atoms with Crippen LogP contribution in [0.1, 0.15) is 51.9 Å². The molecule has 0 atom stereocenters. The van der Waals surface area contributed by atoms with Gasteiger partial charge in [0.2, 0.25) is 5.82 Å². The van der Waals surface area contributed by atoms with Gasteiger partial charge in [-0.25, -0.2) is 4.39 Å². The molecule has 4 heteroatoms. The highest BCUT2D eigenvalue weighted by atomic mass is 79.9. The molecule has 0 aliphatic heterocycles. The fourth-order valence-electron chi connectivity index (χ4n) is 1.86. The number of hydrogen-bond acceptors (Lipinski definition) is 1. The van der Waals surface area contributed by atoms with Crippen LogP contribution < -0.4 is 4.74 Å². The van der Waals surface area contributed by atoms with Gasteiger partial charge >= 0.3 is 0 Å². The van der Waals surface area contributed by atoms with Crippen molar-refractivity contribution in [2.45, 2.75) is 51.9 Å². The fourth-order valence-corrected chi connectivity index (χ4v) is 2.17. The summed E-state index contributed by atoms with van der Waals surface area (Å²) in [6, 6.07) is 2.90. The Bertz CT molecular complexity index is 383. The van der Waals surface area contributed by atoms with Crippen molar-refractivity contribution in [1.82, 2.24) is 0 Å². The van der Waals surface area contributed by atoms with Gasteiger partial charge < -0.3 is 4.74 Å². The lowest BCUT2D eigenvalue weighted by Gasteiger charge is -2.08. The molecule has 0 aromatic heterocycles. The van der Waals surface area contributed by atoms with Gasteiger partial charge in [0.1, 0.15) is 0 Å². The minimum absolute atomic E-state index is 0.00770. The van der Waals surface area contributed by atoms with Crippen LogP contribution in [0.3, 0.4) is 0 Å². The van der Waals surface area contributed by atoms with Crippen molar-refractivity contribution in [2.24, 2.45) is 0 Å². The maximum atomic E-state index is 13.4. The third kappa shape index (κ3) is 5.89. The zero-order valence-electron chi connectivity index (χ0n) is 11.4. The van der Waals surface area contributed by atoms with Crippen molar-refractivity contribution >= 4 is 15.9 Å². The summed E-state index contributed by atoms with van der Waals surface area (Å²) in [6.07, 6.45) is 8.20. The molecule has 1 nitrogen and oxygen atoms in total. The lowest BCUT2D eigenvalue weighted by Crippen LogP contribution is -2.01. The van der Waals surface area contributed by atoms with Gasteiger partial charge in [0.25, 0.3) is 0 Å². The van der Waals surface area contributed by atoms with Gasteiger partial charge in [-0.3, -0.25) is 0 Å². The zero-order valence-corrected chi connectivity index (χ0v) is 12.9. The van der Waals surface area contributed by atoms with Crippen molar-refractivity contribution in [1.29, 1.82) is 0 Å². The van der Waals surface area contributed by atoms with Crippen LogP contribution in [0.5, 0.6) is 5.75 Å². The Hall–Kier alpha value is -0.640. The van der Waals surface area contributed by atoms with Gasteiger partial charge in [0.05, 0.1) is 11.1 Å². The summed E-state index contributed by atoms with van der Waals surface area (Å²) < 4.78 is 32.1. The van der Waals surface area contributed by atoms with E-state index in [1.54, 1.807) is 0 Å². The molecule has 0 radical (unpaired) electrons. The molecular weight excluding hydrogens is 314 g/mol. The molecule has 19 heavy (non-hydrogen) atoms. The summed E-state index contributed by atoms with van der Waals surface area (Å²) in [4.78, 5) is 0. The molecule has 108 valence electrons. The molecule has 0 unspecified atom stereocenters. The fraction of sp³-hybridized carbons (Fsp3) is 0.600. The summed E-state index contributed by atoms with van der Waals surface area (Å²) in [5, 5.41) is 0. The van der Waals surface area contributed by atoms with Gasteiger partial charge in [-0.15, -0.1) is 0 Å². The second kappa shape index (κ2) is 9.29. The van der Waals surface area contributed by atoms with Crippen LogP contribution in [0.25, 0.3) is 0 Å². The highest BCUT2D eigenvalue weighted by molar-refractivity contribution is 9.10. The Kier molecular flexibility index (Phi) is 8.03. The summed E-state index contributed by atoms with van der Waals surface area (Å²) in [6.45, 7) is 2.63. The lowest BCUT2D eigenvalue weighted by molar-refractivity contribution is 0.284. The van der Waals surface area contributed by atoms with Gasteiger partial charge in [-0.2, -0.15) is 4.39 Å². The Morgan fingerprint density at radius 3 is 2.26 bits per heavy atom. The second-order valence-electron chi connectivity index (χ2n) is 4.64. The van der Waals surface area contributed by atoms with Crippen molar-refractivity contribution in [3.63, 3.8) is 0 Å². The first kappa shape index (κ1) is 16.4. The first-order valence-electron chi connectivity index (χ1n) is 6.93. The first-order valence-corrected chi connectivity index (χ1v) is 7.72. The van der Waals surface area contributed by atoms with Crippen LogP contribution in [0.15, 0.2) is 16.6 Å². The third-order valence-corrected chi connectivity index (χ3v) is 3.62. The maximum absolute atomic E-state index is 13.4. The monoisotopic (exact) mass is 334 g/mol. The normalized spacial score (nSPS) is 10.7. The van der Waals surface area contributed by atoms with E-state index in [-0.39, 0.29) is 10.2 Å². The lowest BCUT2D eigenvalue weighted by atomic mass is 10.1. The summed E-state index contributed by atoms with van der Waals surface area (Å²) >= 11 is 2.93. The second-order valence-corrected chi connectivity index (χ2v) is 5.50. The van der Waals surface area contributed by atoms with E-state index in [0.717, 1.165) is 12.8 Å². The van der Waals surface area contributed by atoms with Gasteiger partial charge in [-0.1, -0.05) is 45.4 Å². The van der Waals surface area contributed by atoms with Gasteiger partial charge in [-0.05, 0) is 34.5 Å². The predicted octanol–water partition coefficient (Wildman–Crippen LogP) is 5.86. The first-order chi connectivity index (χ1) is 9.16. The van der Waals surface area contributed by atoms with E-state index in [9.17, 15) is 8.78 Å². The molecule has 0 N–H and O–H groups in total. The van der Waals surface area contributed by atoms with Crippen LogP contribution >= 0.6 is 15.9 Å². The van der Waals surface area contributed by atoms with Gasteiger partial charge in [0.15, 0.2) is 11.6 Å². The topological polar surface area (TPSA) is 9.23 Å². The molecule has 0 bridgehead atoms. The number of ether oxygens (including phenoxy) is 1. The van der Waals surface area contributed by atoms with Crippen LogP contribution in [-0.2, 0) is 0 Å². The number of halogens is 3.